The molecule has 0 unspecified atom stereocenters. The lowest BCUT2D eigenvalue weighted by molar-refractivity contribution is 0.541. The fraction of sp³-hybridized carbons (Fsp3) is 0.333. The molecular formula is C18H19Br2F. The lowest BCUT2D eigenvalue weighted by Gasteiger charge is -2.31. The Morgan fingerprint density at radius 3 is 2.10 bits per heavy atom. The van der Waals surface area contributed by atoms with Crippen LogP contribution in [0.2, 0.25) is 0 Å². The van der Waals surface area contributed by atoms with Crippen molar-refractivity contribution in [1.29, 1.82) is 0 Å². The van der Waals surface area contributed by atoms with E-state index in [0.29, 0.717) is 0 Å². The van der Waals surface area contributed by atoms with Gasteiger partial charge in [-0.1, -0.05) is 73.3 Å². The van der Waals surface area contributed by atoms with Crippen LogP contribution in [-0.4, -0.2) is 10.7 Å². The lowest BCUT2D eigenvalue weighted by atomic mass is 9.78. The van der Waals surface area contributed by atoms with Crippen molar-refractivity contribution in [1.82, 2.24) is 0 Å². The van der Waals surface area contributed by atoms with Crippen LogP contribution >= 0.6 is 31.9 Å². The van der Waals surface area contributed by atoms with Crippen LogP contribution in [0, 0.1) is 19.7 Å². The van der Waals surface area contributed by atoms with E-state index in [1.165, 1.54) is 22.8 Å². The maximum absolute atomic E-state index is 13.6. The first-order chi connectivity index (χ1) is 9.99. The third-order valence-electron chi connectivity index (χ3n) is 3.77. The summed E-state index contributed by atoms with van der Waals surface area (Å²) >= 11 is 7.27. The maximum atomic E-state index is 13.6. The summed E-state index contributed by atoms with van der Waals surface area (Å²) in [7, 11) is 0. The summed E-state index contributed by atoms with van der Waals surface area (Å²) in [5.41, 5.74) is 4.69. The minimum atomic E-state index is -0.181. The first kappa shape index (κ1) is 16.7. The molecule has 2 aromatic carbocycles. The van der Waals surface area contributed by atoms with E-state index in [1.807, 2.05) is 6.07 Å². The molecule has 112 valence electrons. The highest BCUT2D eigenvalue weighted by Gasteiger charge is 2.31. The second kappa shape index (κ2) is 7.06. The van der Waals surface area contributed by atoms with Gasteiger partial charge in [-0.05, 0) is 43.5 Å². The molecule has 0 fully saturated rings. The standard InChI is InChI=1S/C18H19Br2F/c1-13-6-14(2)8-15(7-13)10-18(11-19,12-20)16-4-3-5-17(21)9-16/h3-9H,10-12H2,1-2H3. The van der Waals surface area contributed by atoms with Crippen molar-refractivity contribution in [2.24, 2.45) is 0 Å². The van der Waals surface area contributed by atoms with Crippen LogP contribution < -0.4 is 0 Å². The Bertz CT molecular complexity index is 598. The molecule has 2 aromatic rings. The quantitative estimate of drug-likeness (QED) is 0.550. The number of rotatable bonds is 5. The van der Waals surface area contributed by atoms with Crippen LogP contribution in [-0.2, 0) is 11.8 Å². The van der Waals surface area contributed by atoms with Gasteiger partial charge >= 0.3 is 0 Å². The molecule has 0 bridgehead atoms. The third kappa shape index (κ3) is 3.95. The Morgan fingerprint density at radius 2 is 1.57 bits per heavy atom. The number of aryl methyl sites for hydroxylation is 2. The predicted octanol–water partition coefficient (Wildman–Crippen LogP) is 5.71. The van der Waals surface area contributed by atoms with Crippen LogP contribution in [0.4, 0.5) is 4.39 Å². The SMILES string of the molecule is Cc1cc(C)cc(CC(CBr)(CBr)c2cccc(F)c2)c1. The second-order valence-electron chi connectivity index (χ2n) is 5.73. The van der Waals surface area contributed by atoms with Crippen LogP contribution in [0.15, 0.2) is 42.5 Å². The van der Waals surface area contributed by atoms with Gasteiger partial charge in [-0.3, -0.25) is 0 Å². The van der Waals surface area contributed by atoms with Crippen molar-refractivity contribution in [2.75, 3.05) is 10.7 Å². The summed E-state index contributed by atoms with van der Waals surface area (Å²) in [5.74, 6) is -0.181. The molecule has 2 rings (SSSR count). The summed E-state index contributed by atoms with van der Waals surface area (Å²) < 4.78 is 13.6. The van der Waals surface area contributed by atoms with E-state index in [9.17, 15) is 4.39 Å². The van der Waals surface area contributed by atoms with E-state index < -0.39 is 0 Å². The van der Waals surface area contributed by atoms with E-state index in [4.69, 9.17) is 0 Å². The zero-order chi connectivity index (χ0) is 15.5. The Balaban J connectivity index is 2.42. The molecule has 0 spiro atoms. The number of hydrogen-bond donors (Lipinski definition) is 0. The van der Waals surface area contributed by atoms with E-state index in [-0.39, 0.29) is 11.2 Å². The number of alkyl halides is 2. The number of halogens is 3. The minimum Gasteiger partial charge on any atom is -0.207 e. The van der Waals surface area contributed by atoms with Gasteiger partial charge in [-0.2, -0.15) is 0 Å². The molecule has 21 heavy (non-hydrogen) atoms. The first-order valence-corrected chi connectivity index (χ1v) is 9.18. The van der Waals surface area contributed by atoms with Gasteiger partial charge in [0.15, 0.2) is 0 Å². The molecule has 0 aliphatic rings. The molecule has 0 aliphatic heterocycles. The maximum Gasteiger partial charge on any atom is 0.123 e. The third-order valence-corrected chi connectivity index (χ3v) is 5.92. The normalized spacial score (nSPS) is 11.7. The van der Waals surface area contributed by atoms with Crippen molar-refractivity contribution in [3.8, 4) is 0 Å². The zero-order valence-corrected chi connectivity index (χ0v) is 15.5. The molecule has 0 heterocycles. The predicted molar refractivity (Wildman–Crippen MR) is 95.3 cm³/mol. The highest BCUT2D eigenvalue weighted by molar-refractivity contribution is 9.09. The van der Waals surface area contributed by atoms with Gasteiger partial charge < -0.3 is 0 Å². The van der Waals surface area contributed by atoms with Crippen LogP contribution in [0.25, 0.3) is 0 Å². The molecular weight excluding hydrogens is 395 g/mol. The van der Waals surface area contributed by atoms with Crippen molar-refractivity contribution >= 4 is 31.9 Å². The van der Waals surface area contributed by atoms with Gasteiger partial charge in [0.2, 0.25) is 0 Å². The van der Waals surface area contributed by atoms with Gasteiger partial charge in [0.05, 0.1) is 0 Å². The number of hydrogen-bond acceptors (Lipinski definition) is 0. The molecule has 0 aromatic heterocycles. The van der Waals surface area contributed by atoms with Crippen LogP contribution in [0.1, 0.15) is 22.3 Å². The van der Waals surface area contributed by atoms with Gasteiger partial charge in [-0.25, -0.2) is 4.39 Å². The average molecular weight is 414 g/mol. The summed E-state index contributed by atoms with van der Waals surface area (Å²) in [6.45, 7) is 4.23. The topological polar surface area (TPSA) is 0 Å². The van der Waals surface area contributed by atoms with Crippen molar-refractivity contribution < 1.29 is 4.39 Å². The summed E-state index contributed by atoms with van der Waals surface area (Å²) in [6.07, 6.45) is 0.871. The monoisotopic (exact) mass is 412 g/mol. The molecule has 0 N–H and O–H groups in total. The van der Waals surface area contributed by atoms with Crippen LogP contribution in [0.3, 0.4) is 0 Å². The summed E-state index contributed by atoms with van der Waals surface area (Å²) in [4.78, 5) is 0. The fourth-order valence-electron chi connectivity index (χ4n) is 2.77. The van der Waals surface area contributed by atoms with Crippen molar-refractivity contribution in [3.05, 3.63) is 70.5 Å². The van der Waals surface area contributed by atoms with E-state index >= 15 is 0 Å². The molecule has 0 atom stereocenters. The average Bonchev–Trinajstić information content (AvgIpc) is 2.44. The lowest BCUT2D eigenvalue weighted by Crippen LogP contribution is -2.33. The molecule has 0 radical (unpaired) electrons. The Kier molecular flexibility index (Phi) is 5.61. The smallest absolute Gasteiger partial charge is 0.123 e. The van der Waals surface area contributed by atoms with Gasteiger partial charge in [-0.15, -0.1) is 0 Å². The highest BCUT2D eigenvalue weighted by Crippen LogP contribution is 2.33. The van der Waals surface area contributed by atoms with Crippen molar-refractivity contribution in [2.45, 2.75) is 25.7 Å². The molecule has 0 aliphatic carbocycles. The van der Waals surface area contributed by atoms with Crippen LogP contribution in [0.5, 0.6) is 0 Å². The first-order valence-electron chi connectivity index (χ1n) is 6.94. The van der Waals surface area contributed by atoms with E-state index in [0.717, 1.165) is 22.6 Å². The van der Waals surface area contributed by atoms with E-state index in [2.05, 4.69) is 63.9 Å². The Hall–Kier alpha value is -0.670. The Morgan fingerprint density at radius 1 is 0.952 bits per heavy atom. The molecule has 0 saturated carbocycles. The number of benzene rings is 2. The van der Waals surface area contributed by atoms with Gasteiger partial charge in [0.1, 0.15) is 5.82 Å². The summed E-state index contributed by atoms with van der Waals surface area (Å²) in [5, 5.41) is 1.56. The molecule has 3 heteroatoms. The Labute approximate surface area is 143 Å². The molecule has 0 saturated heterocycles. The highest BCUT2D eigenvalue weighted by atomic mass is 79.9. The van der Waals surface area contributed by atoms with E-state index in [1.54, 1.807) is 12.1 Å². The molecule has 0 nitrogen and oxygen atoms in total. The zero-order valence-electron chi connectivity index (χ0n) is 12.3. The minimum absolute atomic E-state index is 0.150. The fourth-order valence-corrected chi connectivity index (χ4v) is 4.74. The molecule has 0 amide bonds. The largest absolute Gasteiger partial charge is 0.207 e. The summed E-state index contributed by atoms with van der Waals surface area (Å²) in [6, 6.07) is 13.5. The van der Waals surface area contributed by atoms with Gasteiger partial charge in [0.25, 0.3) is 0 Å². The second-order valence-corrected chi connectivity index (χ2v) is 6.85. The van der Waals surface area contributed by atoms with Gasteiger partial charge in [0, 0.05) is 16.1 Å². The van der Waals surface area contributed by atoms with Crippen molar-refractivity contribution in [3.63, 3.8) is 0 Å².